The zero-order chi connectivity index (χ0) is 21.8. The number of carbonyl (C=O) groups excluding carboxylic acids is 1. The van der Waals surface area contributed by atoms with Gasteiger partial charge in [-0.1, -0.05) is 0 Å². The first-order chi connectivity index (χ1) is 15.0. The first kappa shape index (κ1) is 21.1. The third-order valence-electron chi connectivity index (χ3n) is 5.97. The van der Waals surface area contributed by atoms with Crippen molar-refractivity contribution in [3.63, 3.8) is 0 Å². The number of piperidine rings is 1. The summed E-state index contributed by atoms with van der Waals surface area (Å²) in [6, 6.07) is 9.50. The summed E-state index contributed by atoms with van der Waals surface area (Å²) in [6.45, 7) is 3.25. The zero-order valence-corrected chi connectivity index (χ0v) is 17.6. The quantitative estimate of drug-likeness (QED) is 0.432. The van der Waals surface area contributed by atoms with Crippen molar-refractivity contribution in [3.8, 4) is 11.5 Å². The van der Waals surface area contributed by atoms with Gasteiger partial charge < -0.3 is 19.7 Å². The van der Waals surface area contributed by atoms with Gasteiger partial charge in [-0.15, -0.1) is 0 Å². The number of carbonyl (C=O) groups is 1. The summed E-state index contributed by atoms with van der Waals surface area (Å²) in [6.07, 6.45) is 4.21. The van der Waals surface area contributed by atoms with Crippen LogP contribution in [0.25, 0.3) is 11.0 Å². The van der Waals surface area contributed by atoms with Crippen LogP contribution in [-0.2, 0) is 0 Å². The summed E-state index contributed by atoms with van der Waals surface area (Å²) >= 11 is 0. The van der Waals surface area contributed by atoms with Crippen molar-refractivity contribution >= 4 is 22.7 Å². The standard InChI is InChI=1S/C23H26FN3O4/c1-29-21-14-16(22(25)28)6-9-19(21)30-13-5-12-27(10-3-2-4-11-27)23-18-8-7-17(24)15-20(18)31-26-23/h6-9,14-15H,2-5,10-13H2,1H3,(H-,25,28)/p+1. The Hall–Kier alpha value is -3.13. The highest BCUT2D eigenvalue weighted by molar-refractivity contribution is 5.93. The molecule has 0 atom stereocenters. The van der Waals surface area contributed by atoms with Gasteiger partial charge in [0.15, 0.2) is 17.1 Å². The lowest BCUT2D eigenvalue weighted by molar-refractivity contribution is 0.1000. The molecule has 1 aliphatic rings. The highest BCUT2D eigenvalue weighted by Crippen LogP contribution is 2.35. The SMILES string of the molecule is COc1cc(C(N)=O)ccc1OCCC[N+]1(c2noc3cc(F)ccc23)CCCCC1. The largest absolute Gasteiger partial charge is 0.493 e. The number of methoxy groups -OCH3 is 1. The predicted octanol–water partition coefficient (Wildman–Crippen LogP) is 4.03. The minimum absolute atomic E-state index is 0.329. The van der Waals surface area contributed by atoms with E-state index < -0.39 is 5.91 Å². The Labute approximate surface area is 180 Å². The van der Waals surface area contributed by atoms with E-state index in [0.717, 1.165) is 50.1 Å². The maximum absolute atomic E-state index is 13.6. The van der Waals surface area contributed by atoms with Crippen LogP contribution >= 0.6 is 0 Å². The predicted molar refractivity (Wildman–Crippen MR) is 116 cm³/mol. The van der Waals surface area contributed by atoms with Gasteiger partial charge in [-0.2, -0.15) is 0 Å². The van der Waals surface area contributed by atoms with Gasteiger partial charge >= 0.3 is 0 Å². The van der Waals surface area contributed by atoms with E-state index in [1.807, 2.05) is 0 Å². The van der Waals surface area contributed by atoms with Gasteiger partial charge in [0, 0.05) is 18.1 Å². The molecular formula is C23H27FN3O4+. The van der Waals surface area contributed by atoms with Crippen molar-refractivity contribution in [1.29, 1.82) is 0 Å². The van der Waals surface area contributed by atoms with Crippen molar-refractivity contribution < 1.29 is 23.2 Å². The van der Waals surface area contributed by atoms with Crippen molar-refractivity contribution in [1.82, 2.24) is 9.64 Å². The molecule has 2 heterocycles. The Morgan fingerprint density at radius 2 is 1.97 bits per heavy atom. The fourth-order valence-electron chi connectivity index (χ4n) is 4.39. The lowest BCUT2D eigenvalue weighted by Crippen LogP contribution is -2.54. The highest BCUT2D eigenvalue weighted by atomic mass is 19.1. The summed E-state index contributed by atoms with van der Waals surface area (Å²) in [7, 11) is 1.53. The van der Waals surface area contributed by atoms with Crippen LogP contribution in [0.15, 0.2) is 40.9 Å². The van der Waals surface area contributed by atoms with E-state index in [2.05, 4.69) is 5.16 Å². The van der Waals surface area contributed by atoms with Crippen molar-refractivity contribution in [2.45, 2.75) is 25.7 Å². The molecule has 1 aromatic heterocycles. The maximum Gasteiger partial charge on any atom is 0.274 e. The average Bonchev–Trinajstić information content (AvgIpc) is 3.21. The Morgan fingerprint density at radius 3 is 2.71 bits per heavy atom. The van der Waals surface area contributed by atoms with E-state index in [1.54, 1.807) is 24.3 Å². The number of nitrogens with two attached hydrogens (primary N) is 1. The van der Waals surface area contributed by atoms with Crippen LogP contribution in [0.4, 0.5) is 10.2 Å². The topological polar surface area (TPSA) is 87.6 Å². The Bertz CT molecular complexity index is 1080. The first-order valence-corrected chi connectivity index (χ1v) is 10.5. The lowest BCUT2D eigenvalue weighted by Gasteiger charge is -2.39. The second kappa shape index (κ2) is 8.93. The maximum atomic E-state index is 13.6. The highest BCUT2D eigenvalue weighted by Gasteiger charge is 2.37. The third-order valence-corrected chi connectivity index (χ3v) is 5.97. The number of halogens is 1. The van der Waals surface area contributed by atoms with Crippen LogP contribution in [0.5, 0.6) is 11.5 Å². The Kier molecular flexibility index (Phi) is 6.08. The average molecular weight is 428 g/mol. The number of nitrogens with zero attached hydrogens (tertiary/aromatic N) is 2. The smallest absolute Gasteiger partial charge is 0.274 e. The number of aromatic nitrogens is 1. The van der Waals surface area contributed by atoms with E-state index in [9.17, 15) is 9.18 Å². The minimum atomic E-state index is -0.513. The van der Waals surface area contributed by atoms with Gasteiger partial charge in [-0.3, -0.25) is 9.28 Å². The second-order valence-electron chi connectivity index (χ2n) is 7.96. The number of amides is 1. The van der Waals surface area contributed by atoms with Crippen molar-refractivity contribution in [2.75, 3.05) is 33.4 Å². The van der Waals surface area contributed by atoms with E-state index >= 15 is 0 Å². The van der Waals surface area contributed by atoms with Gasteiger partial charge in [0.05, 0.1) is 33.4 Å². The molecule has 0 saturated carbocycles. The van der Waals surface area contributed by atoms with Gasteiger partial charge in [0.2, 0.25) is 5.91 Å². The number of likely N-dealkylation sites (tertiary alicyclic amines) is 1. The van der Waals surface area contributed by atoms with Crippen LogP contribution in [0.3, 0.4) is 0 Å². The van der Waals surface area contributed by atoms with Crippen LogP contribution in [0.1, 0.15) is 36.0 Å². The Morgan fingerprint density at radius 1 is 1.16 bits per heavy atom. The molecule has 0 aliphatic carbocycles. The second-order valence-corrected chi connectivity index (χ2v) is 7.96. The fraction of sp³-hybridized carbons (Fsp3) is 0.391. The number of rotatable bonds is 8. The molecule has 0 unspecified atom stereocenters. The number of ether oxygens (including phenoxy) is 2. The van der Waals surface area contributed by atoms with Gasteiger partial charge in [-0.05, 0) is 54.8 Å². The number of benzene rings is 2. The summed E-state index contributed by atoms with van der Waals surface area (Å²) in [5, 5.41) is 5.22. The molecule has 1 amide bonds. The lowest BCUT2D eigenvalue weighted by atomic mass is 10.1. The molecule has 1 saturated heterocycles. The number of fused-ring (bicyclic) bond motifs is 1. The summed E-state index contributed by atoms with van der Waals surface area (Å²) in [5.41, 5.74) is 6.18. The zero-order valence-electron chi connectivity index (χ0n) is 17.6. The molecule has 3 aromatic rings. The van der Waals surface area contributed by atoms with Crippen LogP contribution in [0.2, 0.25) is 0 Å². The summed E-state index contributed by atoms with van der Waals surface area (Å²) < 4.78 is 31.0. The molecule has 4 rings (SSSR count). The van der Waals surface area contributed by atoms with Crippen LogP contribution in [0, 0.1) is 5.82 Å². The number of quaternary nitrogens is 1. The number of primary amides is 1. The van der Waals surface area contributed by atoms with Gasteiger partial charge in [-0.25, -0.2) is 4.39 Å². The van der Waals surface area contributed by atoms with Crippen LogP contribution < -0.4 is 19.7 Å². The van der Waals surface area contributed by atoms with Crippen molar-refractivity contribution in [3.05, 3.63) is 47.8 Å². The van der Waals surface area contributed by atoms with Gasteiger partial charge in [0.1, 0.15) is 11.2 Å². The van der Waals surface area contributed by atoms with Crippen molar-refractivity contribution in [2.24, 2.45) is 5.73 Å². The molecule has 8 heteroatoms. The van der Waals surface area contributed by atoms with E-state index in [-0.39, 0.29) is 5.82 Å². The van der Waals surface area contributed by atoms with E-state index in [1.165, 1.54) is 25.7 Å². The molecule has 1 aliphatic heterocycles. The monoisotopic (exact) mass is 428 g/mol. The molecule has 1 fully saturated rings. The minimum Gasteiger partial charge on any atom is -0.493 e. The van der Waals surface area contributed by atoms with E-state index in [0.29, 0.717) is 33.7 Å². The molecule has 2 aromatic carbocycles. The summed E-state index contributed by atoms with van der Waals surface area (Å²) in [5.74, 6) is 1.08. The number of hydrogen-bond donors (Lipinski definition) is 1. The molecule has 0 spiro atoms. The molecule has 31 heavy (non-hydrogen) atoms. The molecular weight excluding hydrogens is 401 g/mol. The first-order valence-electron chi connectivity index (χ1n) is 10.5. The van der Waals surface area contributed by atoms with Gasteiger partial charge in [0.25, 0.3) is 5.82 Å². The molecule has 2 N–H and O–H groups in total. The Balaban J connectivity index is 1.48. The fourth-order valence-corrected chi connectivity index (χ4v) is 4.39. The molecule has 0 radical (unpaired) electrons. The molecule has 0 bridgehead atoms. The molecule has 7 nitrogen and oxygen atoms in total. The summed E-state index contributed by atoms with van der Waals surface area (Å²) in [4.78, 5) is 11.4. The number of hydrogen-bond acceptors (Lipinski definition) is 5. The van der Waals surface area contributed by atoms with Crippen LogP contribution in [-0.4, -0.2) is 44.4 Å². The molecule has 164 valence electrons. The third kappa shape index (κ3) is 4.34. The van der Waals surface area contributed by atoms with E-state index in [4.69, 9.17) is 19.7 Å². The normalized spacial score (nSPS) is 15.7.